The number of hydrogen-bond acceptors (Lipinski definition) is 3. The van der Waals surface area contributed by atoms with Gasteiger partial charge in [0.25, 0.3) is 0 Å². The van der Waals surface area contributed by atoms with E-state index in [2.05, 4.69) is 181 Å². The van der Waals surface area contributed by atoms with E-state index >= 15 is 0 Å². The van der Waals surface area contributed by atoms with E-state index in [1.807, 2.05) is 24.3 Å². The van der Waals surface area contributed by atoms with Crippen molar-refractivity contribution in [3.8, 4) is 33.4 Å². The number of fused-ring (bicyclic) bond motifs is 8. The maximum absolute atomic E-state index is 6.27. The second kappa shape index (κ2) is 12.6. The summed E-state index contributed by atoms with van der Waals surface area (Å²) < 4.78 is 12.4. The number of anilines is 3. The van der Waals surface area contributed by atoms with Crippen LogP contribution in [0.2, 0.25) is 0 Å². The van der Waals surface area contributed by atoms with E-state index in [9.17, 15) is 0 Å². The Hall–Kier alpha value is -7.36. The molecular formula is C52H33NO2. The van der Waals surface area contributed by atoms with Gasteiger partial charge in [-0.1, -0.05) is 133 Å². The molecule has 0 saturated carbocycles. The Morgan fingerprint density at radius 1 is 0.291 bits per heavy atom. The summed E-state index contributed by atoms with van der Waals surface area (Å²) in [5.41, 5.74) is 13.9. The summed E-state index contributed by atoms with van der Waals surface area (Å²) >= 11 is 0. The molecule has 258 valence electrons. The molecule has 0 aliphatic heterocycles. The van der Waals surface area contributed by atoms with Gasteiger partial charge in [-0.3, -0.25) is 0 Å². The summed E-state index contributed by atoms with van der Waals surface area (Å²) in [5.74, 6) is 0. The molecule has 0 unspecified atom stereocenters. The van der Waals surface area contributed by atoms with Crippen LogP contribution in [-0.4, -0.2) is 0 Å². The summed E-state index contributed by atoms with van der Waals surface area (Å²) in [6.45, 7) is 0. The maximum Gasteiger partial charge on any atom is 0.136 e. The predicted octanol–water partition coefficient (Wildman–Crippen LogP) is 15.1. The zero-order valence-electron chi connectivity index (χ0n) is 29.8. The van der Waals surface area contributed by atoms with Crippen molar-refractivity contribution in [3.05, 3.63) is 200 Å². The summed E-state index contributed by atoms with van der Waals surface area (Å²) in [5, 5.41) is 6.97. The lowest BCUT2D eigenvalue weighted by Gasteiger charge is -2.26. The molecule has 3 nitrogen and oxygen atoms in total. The SMILES string of the molecule is c1ccc(-c2ccc(N(c3ccc(-c4ccc5c(ccc6oc7ccccc7c65)c4)cc3)c3cccc(-c4cccc5oc6ccccc6c45)c3)cc2)cc1. The van der Waals surface area contributed by atoms with Gasteiger partial charge in [0.15, 0.2) is 0 Å². The predicted molar refractivity (Wildman–Crippen MR) is 229 cm³/mol. The fourth-order valence-corrected chi connectivity index (χ4v) is 8.24. The van der Waals surface area contributed by atoms with Gasteiger partial charge >= 0.3 is 0 Å². The van der Waals surface area contributed by atoms with Crippen molar-refractivity contribution in [2.24, 2.45) is 0 Å². The van der Waals surface area contributed by atoms with Gasteiger partial charge in [-0.2, -0.15) is 0 Å². The normalized spacial score (nSPS) is 11.6. The van der Waals surface area contributed by atoms with Crippen molar-refractivity contribution in [2.75, 3.05) is 4.90 Å². The fraction of sp³-hybridized carbons (Fsp3) is 0. The largest absolute Gasteiger partial charge is 0.456 e. The van der Waals surface area contributed by atoms with Crippen LogP contribution in [-0.2, 0) is 0 Å². The Morgan fingerprint density at radius 3 is 1.56 bits per heavy atom. The highest BCUT2D eigenvalue weighted by atomic mass is 16.3. The van der Waals surface area contributed by atoms with Gasteiger partial charge in [-0.25, -0.2) is 0 Å². The highest BCUT2D eigenvalue weighted by molar-refractivity contribution is 6.19. The van der Waals surface area contributed by atoms with Crippen LogP contribution < -0.4 is 4.90 Å². The first-order valence-corrected chi connectivity index (χ1v) is 18.7. The van der Waals surface area contributed by atoms with Crippen molar-refractivity contribution in [3.63, 3.8) is 0 Å². The van der Waals surface area contributed by atoms with Crippen molar-refractivity contribution >= 4 is 71.7 Å². The molecule has 3 heteroatoms. The minimum absolute atomic E-state index is 0.893. The lowest BCUT2D eigenvalue weighted by atomic mass is 9.97. The molecule has 11 aromatic rings. The van der Waals surface area contributed by atoms with Gasteiger partial charge < -0.3 is 13.7 Å². The molecule has 0 fully saturated rings. The van der Waals surface area contributed by atoms with Crippen LogP contribution in [0.5, 0.6) is 0 Å². The van der Waals surface area contributed by atoms with Gasteiger partial charge in [0.2, 0.25) is 0 Å². The molecule has 0 radical (unpaired) electrons. The first-order valence-electron chi connectivity index (χ1n) is 18.7. The van der Waals surface area contributed by atoms with Gasteiger partial charge in [-0.05, 0) is 111 Å². The van der Waals surface area contributed by atoms with E-state index in [0.29, 0.717) is 0 Å². The molecule has 0 saturated heterocycles. The Balaban J connectivity index is 1.01. The highest BCUT2D eigenvalue weighted by Gasteiger charge is 2.17. The summed E-state index contributed by atoms with van der Waals surface area (Å²) in [7, 11) is 0. The third kappa shape index (κ3) is 5.28. The number of hydrogen-bond donors (Lipinski definition) is 0. The van der Waals surface area contributed by atoms with Gasteiger partial charge in [0, 0.05) is 38.6 Å². The Kier molecular flexibility index (Phi) is 7.17. The fourth-order valence-electron chi connectivity index (χ4n) is 8.24. The average molecular weight is 704 g/mol. The van der Waals surface area contributed by atoms with Crippen LogP contribution in [0.25, 0.3) is 88.0 Å². The smallest absolute Gasteiger partial charge is 0.136 e. The molecule has 0 aliphatic carbocycles. The highest BCUT2D eigenvalue weighted by Crippen LogP contribution is 2.42. The minimum Gasteiger partial charge on any atom is -0.456 e. The first-order chi connectivity index (χ1) is 27.2. The average Bonchev–Trinajstić information content (AvgIpc) is 3.84. The molecular weight excluding hydrogens is 671 g/mol. The zero-order valence-corrected chi connectivity index (χ0v) is 29.8. The molecule has 0 aliphatic rings. The minimum atomic E-state index is 0.893. The lowest BCUT2D eigenvalue weighted by Crippen LogP contribution is -2.10. The molecule has 11 rings (SSSR count). The number of nitrogens with zero attached hydrogens (tertiary/aromatic N) is 1. The summed E-state index contributed by atoms with van der Waals surface area (Å²) in [6, 6.07) is 71.1. The molecule has 0 N–H and O–H groups in total. The first kappa shape index (κ1) is 31.2. The van der Waals surface area contributed by atoms with E-state index in [1.165, 1.54) is 32.8 Å². The van der Waals surface area contributed by atoms with E-state index in [0.717, 1.165) is 72.2 Å². The Labute approximate surface area is 317 Å². The second-order valence-electron chi connectivity index (χ2n) is 14.1. The summed E-state index contributed by atoms with van der Waals surface area (Å²) in [6.07, 6.45) is 0. The number of furan rings is 2. The topological polar surface area (TPSA) is 29.5 Å². The van der Waals surface area contributed by atoms with Crippen LogP contribution in [0.15, 0.2) is 209 Å². The van der Waals surface area contributed by atoms with Gasteiger partial charge in [0.1, 0.15) is 22.3 Å². The quantitative estimate of drug-likeness (QED) is 0.173. The molecule has 2 heterocycles. The summed E-state index contributed by atoms with van der Waals surface area (Å²) in [4.78, 5) is 2.34. The van der Waals surface area contributed by atoms with E-state index in [1.54, 1.807) is 0 Å². The number of para-hydroxylation sites is 2. The Bertz CT molecular complexity index is 3190. The third-order valence-electron chi connectivity index (χ3n) is 10.9. The van der Waals surface area contributed by atoms with Crippen LogP contribution >= 0.6 is 0 Å². The molecule has 9 aromatic carbocycles. The van der Waals surface area contributed by atoms with E-state index in [-0.39, 0.29) is 0 Å². The van der Waals surface area contributed by atoms with Crippen LogP contribution in [0, 0.1) is 0 Å². The lowest BCUT2D eigenvalue weighted by molar-refractivity contribution is 0.668. The molecule has 0 amide bonds. The van der Waals surface area contributed by atoms with Crippen molar-refractivity contribution in [1.82, 2.24) is 0 Å². The molecule has 0 bridgehead atoms. The van der Waals surface area contributed by atoms with Gasteiger partial charge in [-0.15, -0.1) is 0 Å². The van der Waals surface area contributed by atoms with Crippen LogP contribution in [0.4, 0.5) is 17.1 Å². The van der Waals surface area contributed by atoms with E-state index in [4.69, 9.17) is 8.83 Å². The zero-order chi connectivity index (χ0) is 36.3. The standard InChI is InChI=1S/C52H33NO2/c1-2-10-34(11-3-1)35-20-26-40(27-21-35)53(42-13-8-12-38(33-42)43-16-9-19-49-51(43)45-14-4-6-17-47(45)54-49)41-28-22-36(23-29-41)37-24-30-44-39(32-37)25-31-50-52(44)46-15-5-7-18-48(46)55-50/h1-33H. The third-order valence-corrected chi connectivity index (χ3v) is 10.9. The molecule has 55 heavy (non-hydrogen) atoms. The van der Waals surface area contributed by atoms with Crippen LogP contribution in [0.3, 0.4) is 0 Å². The molecule has 0 atom stereocenters. The number of benzene rings is 9. The monoisotopic (exact) mass is 703 g/mol. The van der Waals surface area contributed by atoms with Crippen LogP contribution in [0.1, 0.15) is 0 Å². The Morgan fingerprint density at radius 2 is 0.836 bits per heavy atom. The van der Waals surface area contributed by atoms with E-state index < -0.39 is 0 Å². The van der Waals surface area contributed by atoms with Crippen molar-refractivity contribution in [1.29, 1.82) is 0 Å². The van der Waals surface area contributed by atoms with Crippen molar-refractivity contribution in [2.45, 2.75) is 0 Å². The number of rotatable bonds is 6. The maximum atomic E-state index is 6.27. The molecule has 0 spiro atoms. The molecule has 2 aromatic heterocycles. The second-order valence-corrected chi connectivity index (χ2v) is 14.1. The van der Waals surface area contributed by atoms with Gasteiger partial charge in [0.05, 0.1) is 0 Å². The van der Waals surface area contributed by atoms with Crippen molar-refractivity contribution < 1.29 is 8.83 Å².